The van der Waals surface area contributed by atoms with E-state index in [4.69, 9.17) is 9.84 Å². The summed E-state index contributed by atoms with van der Waals surface area (Å²) in [5, 5.41) is 11.7. The zero-order valence-electron chi connectivity index (χ0n) is 12.9. The number of aryl methyl sites for hydroxylation is 1. The lowest BCUT2D eigenvalue weighted by Crippen LogP contribution is -2.42. The van der Waals surface area contributed by atoms with E-state index < -0.39 is 6.10 Å². The molecule has 1 amide bonds. The van der Waals surface area contributed by atoms with Gasteiger partial charge in [-0.05, 0) is 43.9 Å². The number of nitrogens with one attached hydrogen (secondary N) is 1. The van der Waals surface area contributed by atoms with Gasteiger partial charge in [-0.2, -0.15) is 0 Å². The Morgan fingerprint density at radius 2 is 1.95 bits per heavy atom. The summed E-state index contributed by atoms with van der Waals surface area (Å²) < 4.78 is 5.80. The average molecular weight is 279 g/mol. The molecule has 2 unspecified atom stereocenters. The van der Waals surface area contributed by atoms with Crippen molar-refractivity contribution >= 4 is 5.91 Å². The minimum Gasteiger partial charge on any atom is -0.481 e. The van der Waals surface area contributed by atoms with Gasteiger partial charge in [-0.15, -0.1) is 0 Å². The SMILES string of the molecule is Cc1ccc(C(C)C)c(OC(C)C(=O)NC(C)CO)c1. The van der Waals surface area contributed by atoms with Crippen LogP contribution in [0.1, 0.15) is 44.7 Å². The third kappa shape index (κ3) is 4.53. The fraction of sp³-hybridized carbons (Fsp3) is 0.562. The maximum absolute atomic E-state index is 11.9. The summed E-state index contributed by atoms with van der Waals surface area (Å²) in [5.74, 6) is 0.860. The van der Waals surface area contributed by atoms with E-state index in [1.807, 2.05) is 25.1 Å². The molecule has 0 bridgehead atoms. The summed E-state index contributed by atoms with van der Waals surface area (Å²) in [6.07, 6.45) is -0.594. The topological polar surface area (TPSA) is 58.6 Å². The maximum Gasteiger partial charge on any atom is 0.261 e. The predicted octanol–water partition coefficient (Wildman–Crippen LogP) is 2.38. The van der Waals surface area contributed by atoms with Gasteiger partial charge in [-0.25, -0.2) is 0 Å². The van der Waals surface area contributed by atoms with Gasteiger partial charge in [0, 0.05) is 6.04 Å². The second-order valence-corrected chi connectivity index (χ2v) is 5.55. The molecule has 4 heteroatoms. The fourth-order valence-electron chi connectivity index (χ4n) is 1.87. The van der Waals surface area contributed by atoms with Gasteiger partial charge >= 0.3 is 0 Å². The van der Waals surface area contributed by atoms with Crippen molar-refractivity contribution in [3.63, 3.8) is 0 Å². The van der Waals surface area contributed by atoms with Gasteiger partial charge in [0.25, 0.3) is 5.91 Å². The van der Waals surface area contributed by atoms with Crippen LogP contribution >= 0.6 is 0 Å². The van der Waals surface area contributed by atoms with E-state index in [-0.39, 0.29) is 18.6 Å². The smallest absolute Gasteiger partial charge is 0.261 e. The molecule has 0 aliphatic rings. The molecule has 1 aromatic carbocycles. The van der Waals surface area contributed by atoms with E-state index in [0.29, 0.717) is 5.92 Å². The summed E-state index contributed by atoms with van der Waals surface area (Å²) >= 11 is 0. The van der Waals surface area contributed by atoms with Crippen LogP contribution in [0, 0.1) is 6.92 Å². The minimum atomic E-state index is -0.594. The van der Waals surface area contributed by atoms with Gasteiger partial charge in [0.2, 0.25) is 0 Å². The van der Waals surface area contributed by atoms with E-state index in [1.165, 1.54) is 0 Å². The van der Waals surface area contributed by atoms with Crippen LogP contribution in [0.5, 0.6) is 5.75 Å². The Labute approximate surface area is 121 Å². The number of benzene rings is 1. The molecule has 0 fully saturated rings. The van der Waals surface area contributed by atoms with Crippen molar-refractivity contribution in [2.24, 2.45) is 0 Å². The summed E-state index contributed by atoms with van der Waals surface area (Å²) in [6.45, 7) is 9.56. The van der Waals surface area contributed by atoms with Gasteiger partial charge in [-0.1, -0.05) is 26.0 Å². The number of hydrogen-bond donors (Lipinski definition) is 2. The highest BCUT2D eigenvalue weighted by Crippen LogP contribution is 2.28. The summed E-state index contributed by atoms with van der Waals surface area (Å²) in [6, 6.07) is 5.77. The second kappa shape index (κ2) is 7.29. The highest BCUT2D eigenvalue weighted by molar-refractivity contribution is 5.81. The molecule has 1 rings (SSSR count). The normalized spacial score (nSPS) is 13.9. The Morgan fingerprint density at radius 3 is 2.50 bits per heavy atom. The lowest BCUT2D eigenvalue weighted by atomic mass is 10.0. The van der Waals surface area contributed by atoms with Crippen LogP contribution in [0.3, 0.4) is 0 Å². The number of carbonyl (C=O) groups excluding carboxylic acids is 1. The summed E-state index contributed by atoms with van der Waals surface area (Å²) in [4.78, 5) is 11.9. The molecule has 0 aliphatic carbocycles. The highest BCUT2D eigenvalue weighted by atomic mass is 16.5. The van der Waals surface area contributed by atoms with Crippen LogP contribution in [0.4, 0.5) is 0 Å². The molecule has 4 nitrogen and oxygen atoms in total. The molecule has 0 aliphatic heterocycles. The molecule has 0 heterocycles. The van der Waals surface area contributed by atoms with Crippen LogP contribution < -0.4 is 10.1 Å². The molecule has 112 valence electrons. The van der Waals surface area contributed by atoms with Crippen molar-refractivity contribution < 1.29 is 14.6 Å². The van der Waals surface area contributed by atoms with Crippen molar-refractivity contribution in [1.29, 1.82) is 0 Å². The molecular formula is C16H25NO3. The Bertz CT molecular complexity index is 457. The van der Waals surface area contributed by atoms with Crippen LogP contribution in [-0.4, -0.2) is 29.8 Å². The summed E-state index contributed by atoms with van der Waals surface area (Å²) in [7, 11) is 0. The first-order valence-electron chi connectivity index (χ1n) is 7.03. The van der Waals surface area contributed by atoms with E-state index in [2.05, 4.69) is 19.2 Å². The van der Waals surface area contributed by atoms with Crippen molar-refractivity contribution in [2.45, 2.75) is 52.7 Å². The fourth-order valence-corrected chi connectivity index (χ4v) is 1.87. The first-order chi connectivity index (χ1) is 9.35. The third-order valence-electron chi connectivity index (χ3n) is 3.13. The van der Waals surface area contributed by atoms with Gasteiger partial charge in [0.1, 0.15) is 5.75 Å². The predicted molar refractivity (Wildman–Crippen MR) is 80.0 cm³/mol. The standard InChI is InChI=1S/C16H25NO3/c1-10(2)14-7-6-11(3)8-15(14)20-13(5)16(19)17-12(4)9-18/h6-8,10,12-13,18H,9H2,1-5H3,(H,17,19). The van der Waals surface area contributed by atoms with E-state index in [1.54, 1.807) is 13.8 Å². The lowest BCUT2D eigenvalue weighted by molar-refractivity contribution is -0.128. The maximum atomic E-state index is 11.9. The van der Waals surface area contributed by atoms with Crippen molar-refractivity contribution in [2.75, 3.05) is 6.61 Å². The second-order valence-electron chi connectivity index (χ2n) is 5.55. The van der Waals surface area contributed by atoms with Gasteiger partial charge < -0.3 is 15.2 Å². The number of rotatable bonds is 6. The first-order valence-corrected chi connectivity index (χ1v) is 7.03. The molecule has 0 saturated carbocycles. The quantitative estimate of drug-likeness (QED) is 0.840. The number of hydrogen-bond acceptors (Lipinski definition) is 3. The molecule has 0 radical (unpaired) electrons. The number of aliphatic hydroxyl groups excluding tert-OH is 1. The largest absolute Gasteiger partial charge is 0.481 e. The average Bonchev–Trinajstić information content (AvgIpc) is 2.38. The zero-order valence-corrected chi connectivity index (χ0v) is 12.9. The van der Waals surface area contributed by atoms with Crippen LogP contribution in [-0.2, 0) is 4.79 Å². The lowest BCUT2D eigenvalue weighted by Gasteiger charge is -2.20. The van der Waals surface area contributed by atoms with Gasteiger partial charge in [0.05, 0.1) is 6.61 Å². The Hall–Kier alpha value is -1.55. The van der Waals surface area contributed by atoms with Crippen LogP contribution in [0.2, 0.25) is 0 Å². The highest BCUT2D eigenvalue weighted by Gasteiger charge is 2.18. The van der Waals surface area contributed by atoms with Crippen molar-refractivity contribution in [1.82, 2.24) is 5.32 Å². The third-order valence-corrected chi connectivity index (χ3v) is 3.13. The van der Waals surface area contributed by atoms with Crippen molar-refractivity contribution in [3.8, 4) is 5.75 Å². The Balaban J connectivity index is 2.81. The number of aliphatic hydroxyl groups is 1. The first kappa shape index (κ1) is 16.5. The minimum absolute atomic E-state index is 0.0832. The molecule has 0 spiro atoms. The number of carbonyl (C=O) groups is 1. The van der Waals surface area contributed by atoms with E-state index >= 15 is 0 Å². The van der Waals surface area contributed by atoms with Gasteiger partial charge in [-0.3, -0.25) is 4.79 Å². The van der Waals surface area contributed by atoms with E-state index in [9.17, 15) is 4.79 Å². The molecule has 2 atom stereocenters. The van der Waals surface area contributed by atoms with Gasteiger partial charge in [0.15, 0.2) is 6.10 Å². The van der Waals surface area contributed by atoms with E-state index in [0.717, 1.165) is 16.9 Å². The molecule has 20 heavy (non-hydrogen) atoms. The zero-order chi connectivity index (χ0) is 15.3. The van der Waals surface area contributed by atoms with Crippen LogP contribution in [0.15, 0.2) is 18.2 Å². The molecule has 0 saturated heterocycles. The monoisotopic (exact) mass is 279 g/mol. The van der Waals surface area contributed by atoms with Crippen molar-refractivity contribution in [3.05, 3.63) is 29.3 Å². The Kier molecular flexibility index (Phi) is 6.02. The van der Waals surface area contributed by atoms with Crippen LogP contribution in [0.25, 0.3) is 0 Å². The summed E-state index contributed by atoms with van der Waals surface area (Å²) in [5.41, 5.74) is 2.19. The molecule has 0 aromatic heterocycles. The number of ether oxygens (including phenoxy) is 1. The molecule has 2 N–H and O–H groups in total. The molecular weight excluding hydrogens is 254 g/mol. The number of amides is 1. The Morgan fingerprint density at radius 1 is 1.30 bits per heavy atom. The molecule has 1 aromatic rings.